The molecule has 12 heavy (non-hydrogen) atoms. The second-order valence-electron chi connectivity index (χ2n) is 2.26. The van der Waals surface area contributed by atoms with Gasteiger partial charge in [0.05, 0.1) is 0 Å². The summed E-state index contributed by atoms with van der Waals surface area (Å²) in [5.74, 6) is -0.183. The Morgan fingerprint density at radius 1 is 1.67 bits per heavy atom. The molecular formula is C7H8N2O3. The first-order chi connectivity index (χ1) is 5.66. The fraction of sp³-hybridized carbons (Fsp3) is 0.143. The summed E-state index contributed by atoms with van der Waals surface area (Å²) in [7, 11) is 0. The summed E-state index contributed by atoms with van der Waals surface area (Å²) in [5, 5.41) is 21.6. The zero-order valence-electron chi connectivity index (χ0n) is 6.43. The molecule has 0 unspecified atom stereocenters. The molecule has 1 aliphatic heterocycles. The topological polar surface area (TPSA) is 73.1 Å². The normalized spacial score (nSPS) is 20.5. The summed E-state index contributed by atoms with van der Waals surface area (Å²) < 4.78 is 0. The molecule has 1 aliphatic rings. The number of aliphatic hydroxyl groups excluding tert-OH is 1. The van der Waals surface area contributed by atoms with Gasteiger partial charge in [0.2, 0.25) is 0 Å². The third kappa shape index (κ3) is 1.35. The first-order valence-corrected chi connectivity index (χ1v) is 3.27. The van der Waals surface area contributed by atoms with E-state index in [1.54, 1.807) is 0 Å². The Bertz CT molecular complexity index is 291. The standard InChI is InChI=1S/C7H8N2O3/c1-5(8-11)7-6(10)3-2-4-9(7)12/h2-4,10,12H,1H3/b7-5+. The van der Waals surface area contributed by atoms with Gasteiger partial charge in [0.25, 0.3) is 0 Å². The highest BCUT2D eigenvalue weighted by atomic mass is 16.5. The lowest BCUT2D eigenvalue weighted by atomic mass is 10.2. The third-order valence-electron chi connectivity index (χ3n) is 1.43. The summed E-state index contributed by atoms with van der Waals surface area (Å²) in [5.41, 5.74) is 0.0306. The highest BCUT2D eigenvalue weighted by Crippen LogP contribution is 2.20. The Morgan fingerprint density at radius 3 is 2.83 bits per heavy atom. The average Bonchev–Trinajstić information content (AvgIpc) is 2.03. The molecule has 1 heterocycles. The molecule has 1 rings (SSSR count). The van der Waals surface area contributed by atoms with Crippen LogP contribution in [0.1, 0.15) is 6.92 Å². The van der Waals surface area contributed by atoms with Gasteiger partial charge in [-0.1, -0.05) is 0 Å². The minimum absolute atomic E-state index is 0.00694. The van der Waals surface area contributed by atoms with Crippen LogP contribution >= 0.6 is 0 Å². The molecular weight excluding hydrogens is 160 g/mol. The number of nitrogens with zero attached hydrogens (tertiary/aromatic N) is 2. The molecule has 0 amide bonds. The maximum Gasteiger partial charge on any atom is 0.143 e. The van der Waals surface area contributed by atoms with E-state index in [4.69, 9.17) is 5.21 Å². The molecule has 0 aromatic rings. The van der Waals surface area contributed by atoms with E-state index in [1.165, 1.54) is 25.3 Å². The van der Waals surface area contributed by atoms with Gasteiger partial charge >= 0.3 is 0 Å². The van der Waals surface area contributed by atoms with Crippen molar-refractivity contribution in [3.8, 4) is 0 Å². The molecule has 5 heteroatoms. The van der Waals surface area contributed by atoms with Crippen LogP contribution in [0.5, 0.6) is 0 Å². The first-order valence-electron chi connectivity index (χ1n) is 3.27. The average molecular weight is 168 g/mol. The van der Waals surface area contributed by atoms with Crippen molar-refractivity contribution in [1.29, 1.82) is 0 Å². The predicted octanol–water partition coefficient (Wildman–Crippen LogP) is 1.64. The summed E-state index contributed by atoms with van der Waals surface area (Å²) >= 11 is 0. The highest BCUT2D eigenvalue weighted by molar-refractivity contribution is 5.34. The van der Waals surface area contributed by atoms with Crippen LogP contribution in [-0.2, 0) is 0 Å². The largest absolute Gasteiger partial charge is 0.506 e. The molecule has 0 aromatic heterocycles. The van der Waals surface area contributed by atoms with Crippen molar-refractivity contribution in [2.24, 2.45) is 5.18 Å². The Labute approximate surface area is 68.9 Å². The van der Waals surface area contributed by atoms with E-state index in [9.17, 15) is 10.0 Å². The predicted molar refractivity (Wildman–Crippen MR) is 42.0 cm³/mol. The molecule has 64 valence electrons. The highest BCUT2D eigenvalue weighted by Gasteiger charge is 2.15. The van der Waals surface area contributed by atoms with E-state index < -0.39 is 0 Å². The smallest absolute Gasteiger partial charge is 0.143 e. The van der Waals surface area contributed by atoms with E-state index in [1.807, 2.05) is 0 Å². The number of rotatable bonds is 1. The maximum absolute atomic E-state index is 10.1. The fourth-order valence-corrected chi connectivity index (χ4v) is 0.881. The molecule has 0 fully saturated rings. The van der Waals surface area contributed by atoms with E-state index in [2.05, 4.69) is 5.18 Å². The molecule has 0 radical (unpaired) electrons. The van der Waals surface area contributed by atoms with Gasteiger partial charge in [-0.2, -0.15) is 0 Å². The second-order valence-corrected chi connectivity index (χ2v) is 2.26. The van der Waals surface area contributed by atoms with Crippen molar-refractivity contribution in [1.82, 2.24) is 5.06 Å². The van der Waals surface area contributed by atoms with Crippen molar-refractivity contribution in [3.63, 3.8) is 0 Å². The summed E-state index contributed by atoms with van der Waals surface area (Å²) in [6, 6.07) is 0. The summed E-state index contributed by atoms with van der Waals surface area (Å²) in [6.45, 7) is 1.40. The van der Waals surface area contributed by atoms with Crippen molar-refractivity contribution in [3.05, 3.63) is 40.4 Å². The van der Waals surface area contributed by atoms with Gasteiger partial charge in [-0.05, 0) is 24.3 Å². The van der Waals surface area contributed by atoms with Gasteiger partial charge in [0.15, 0.2) is 0 Å². The van der Waals surface area contributed by atoms with Crippen LogP contribution < -0.4 is 0 Å². The van der Waals surface area contributed by atoms with Crippen molar-refractivity contribution in [2.75, 3.05) is 0 Å². The van der Waals surface area contributed by atoms with Gasteiger partial charge in [0, 0.05) is 6.20 Å². The van der Waals surface area contributed by atoms with Crippen LogP contribution in [0.2, 0.25) is 0 Å². The van der Waals surface area contributed by atoms with Crippen LogP contribution in [-0.4, -0.2) is 15.4 Å². The fourth-order valence-electron chi connectivity index (χ4n) is 0.881. The van der Waals surface area contributed by atoms with Gasteiger partial charge in [-0.3, -0.25) is 5.21 Å². The zero-order valence-corrected chi connectivity index (χ0v) is 6.43. The Morgan fingerprint density at radius 2 is 2.33 bits per heavy atom. The SMILES string of the molecule is C/C(N=O)=C1/C(O)=CC=CN1O. The van der Waals surface area contributed by atoms with Crippen LogP contribution in [0.25, 0.3) is 0 Å². The molecule has 0 aliphatic carbocycles. The van der Waals surface area contributed by atoms with Gasteiger partial charge in [-0.15, -0.1) is 4.91 Å². The van der Waals surface area contributed by atoms with E-state index in [0.29, 0.717) is 5.06 Å². The molecule has 5 nitrogen and oxygen atoms in total. The number of hydrogen-bond acceptors (Lipinski definition) is 5. The summed E-state index contributed by atoms with van der Waals surface area (Å²) in [4.78, 5) is 10.1. The Hall–Kier alpha value is -1.62. The molecule has 0 spiro atoms. The Kier molecular flexibility index (Phi) is 2.25. The number of aliphatic hydroxyl groups is 1. The summed E-state index contributed by atoms with van der Waals surface area (Å²) in [6.07, 6.45) is 4.09. The molecule has 0 saturated carbocycles. The number of nitroso groups, excluding NO2 is 1. The van der Waals surface area contributed by atoms with Crippen LogP contribution in [0.4, 0.5) is 0 Å². The maximum atomic E-state index is 10.1. The minimum atomic E-state index is -0.183. The van der Waals surface area contributed by atoms with Crippen molar-refractivity contribution in [2.45, 2.75) is 6.92 Å². The third-order valence-corrected chi connectivity index (χ3v) is 1.43. The molecule has 0 saturated heterocycles. The first kappa shape index (κ1) is 8.48. The second kappa shape index (κ2) is 3.19. The minimum Gasteiger partial charge on any atom is -0.506 e. The molecule has 2 N–H and O–H groups in total. The number of hydrogen-bond donors (Lipinski definition) is 2. The molecule has 0 atom stereocenters. The van der Waals surface area contributed by atoms with E-state index >= 15 is 0 Å². The quantitative estimate of drug-likeness (QED) is 0.584. The van der Waals surface area contributed by atoms with Gasteiger partial charge in [0.1, 0.15) is 17.2 Å². The van der Waals surface area contributed by atoms with E-state index in [0.717, 1.165) is 0 Å². The van der Waals surface area contributed by atoms with Gasteiger partial charge < -0.3 is 5.11 Å². The zero-order chi connectivity index (χ0) is 9.14. The monoisotopic (exact) mass is 168 g/mol. The molecule has 0 aromatic carbocycles. The van der Waals surface area contributed by atoms with Crippen molar-refractivity contribution >= 4 is 0 Å². The van der Waals surface area contributed by atoms with Crippen molar-refractivity contribution < 1.29 is 10.3 Å². The lowest BCUT2D eigenvalue weighted by Gasteiger charge is -2.18. The van der Waals surface area contributed by atoms with E-state index in [-0.39, 0.29) is 17.2 Å². The number of hydroxylamine groups is 2. The molecule has 0 bridgehead atoms. The lowest BCUT2D eigenvalue weighted by molar-refractivity contribution is -0.00897. The lowest BCUT2D eigenvalue weighted by Crippen LogP contribution is -2.16. The number of allylic oxidation sites excluding steroid dienone is 3. The van der Waals surface area contributed by atoms with Crippen LogP contribution in [0, 0.1) is 4.91 Å². The van der Waals surface area contributed by atoms with Gasteiger partial charge in [-0.25, -0.2) is 5.06 Å². The van der Waals surface area contributed by atoms with Crippen LogP contribution in [0.15, 0.2) is 40.7 Å². The van der Waals surface area contributed by atoms with Crippen LogP contribution in [0.3, 0.4) is 0 Å². The Balaban J connectivity index is 3.12.